The van der Waals surface area contributed by atoms with Gasteiger partial charge in [-0.3, -0.25) is 24.6 Å². The van der Waals surface area contributed by atoms with Gasteiger partial charge >= 0.3 is 0 Å². The first-order valence-electron chi connectivity index (χ1n) is 11.9. The first kappa shape index (κ1) is 21.6. The first-order valence-corrected chi connectivity index (χ1v) is 11.9. The summed E-state index contributed by atoms with van der Waals surface area (Å²) in [5.41, 5.74) is 9.12. The van der Waals surface area contributed by atoms with Crippen LogP contribution in [-0.2, 0) is 27.4 Å². The number of benzene rings is 1. The molecule has 3 saturated heterocycles. The maximum atomic E-state index is 12.9. The van der Waals surface area contributed by atoms with Crippen LogP contribution < -0.4 is 11.1 Å². The van der Waals surface area contributed by atoms with Crippen LogP contribution in [0.2, 0.25) is 0 Å². The summed E-state index contributed by atoms with van der Waals surface area (Å²) in [7, 11) is 0. The van der Waals surface area contributed by atoms with Crippen molar-refractivity contribution in [1.29, 1.82) is 0 Å². The standard InChI is InChI=1S/C24H32N4O4/c25-19-2-1-11-32-22(19)16-7-9-27(10-8-16)13-15-3-4-18-17(12-15)14-28(24(18)31)20-5-6-21(29)26-23(20)30/h3-4,12,16,19-20,22H,1-2,5-11,13-14,25H2,(H,26,29,30). The van der Waals surface area contributed by atoms with Gasteiger partial charge in [0.2, 0.25) is 11.8 Å². The first-order chi connectivity index (χ1) is 15.5. The molecule has 5 rings (SSSR count). The van der Waals surface area contributed by atoms with Gasteiger partial charge in [0.25, 0.3) is 5.91 Å². The fourth-order valence-corrected chi connectivity index (χ4v) is 5.74. The molecule has 3 atom stereocenters. The Morgan fingerprint density at radius 2 is 1.91 bits per heavy atom. The van der Waals surface area contributed by atoms with Gasteiger partial charge in [-0.25, -0.2) is 0 Å². The summed E-state index contributed by atoms with van der Waals surface area (Å²) in [6.45, 7) is 4.16. The molecule has 3 amide bonds. The Morgan fingerprint density at radius 3 is 2.66 bits per heavy atom. The smallest absolute Gasteiger partial charge is 0.255 e. The highest BCUT2D eigenvalue weighted by molar-refractivity contribution is 6.05. The van der Waals surface area contributed by atoms with Gasteiger partial charge in [-0.15, -0.1) is 0 Å². The number of piperidine rings is 2. The topological polar surface area (TPSA) is 105 Å². The number of hydrogen-bond donors (Lipinski definition) is 2. The van der Waals surface area contributed by atoms with Crippen molar-refractivity contribution < 1.29 is 19.1 Å². The second-order valence-corrected chi connectivity index (χ2v) is 9.65. The summed E-state index contributed by atoms with van der Waals surface area (Å²) in [4.78, 5) is 40.6. The maximum Gasteiger partial charge on any atom is 0.255 e. The lowest BCUT2D eigenvalue weighted by molar-refractivity contribution is -0.136. The van der Waals surface area contributed by atoms with Crippen LogP contribution in [0.25, 0.3) is 0 Å². The number of ether oxygens (including phenoxy) is 1. The zero-order valence-corrected chi connectivity index (χ0v) is 18.4. The molecule has 172 valence electrons. The Bertz CT molecular complexity index is 911. The van der Waals surface area contributed by atoms with Crippen LogP contribution in [0.3, 0.4) is 0 Å². The number of imide groups is 1. The molecule has 4 heterocycles. The number of hydrogen-bond acceptors (Lipinski definition) is 6. The number of amides is 3. The van der Waals surface area contributed by atoms with Crippen molar-refractivity contribution in [2.45, 2.75) is 69.8 Å². The SMILES string of the molecule is NC1CCCOC1C1CCN(Cc2ccc3c(c2)CN(C2CCC(=O)NC2=O)C3=O)CC1. The van der Waals surface area contributed by atoms with Gasteiger partial charge in [0.15, 0.2) is 0 Å². The summed E-state index contributed by atoms with van der Waals surface area (Å²) in [6.07, 6.45) is 5.20. The molecule has 0 bridgehead atoms. The third-order valence-corrected chi connectivity index (χ3v) is 7.51. The molecule has 4 aliphatic rings. The van der Waals surface area contributed by atoms with E-state index >= 15 is 0 Å². The summed E-state index contributed by atoms with van der Waals surface area (Å²) < 4.78 is 5.99. The lowest BCUT2D eigenvalue weighted by atomic mass is 9.85. The van der Waals surface area contributed by atoms with E-state index in [1.165, 1.54) is 5.56 Å². The lowest BCUT2D eigenvalue weighted by Crippen LogP contribution is -2.52. The number of carbonyl (C=O) groups is 3. The van der Waals surface area contributed by atoms with Crippen LogP contribution in [0.1, 0.15) is 60.0 Å². The molecule has 8 nitrogen and oxygen atoms in total. The van der Waals surface area contributed by atoms with E-state index in [4.69, 9.17) is 10.5 Å². The van der Waals surface area contributed by atoms with Gasteiger partial charge in [-0.05, 0) is 68.3 Å². The van der Waals surface area contributed by atoms with Crippen molar-refractivity contribution in [1.82, 2.24) is 15.1 Å². The number of fused-ring (bicyclic) bond motifs is 1. The number of nitrogens with zero attached hydrogens (tertiary/aromatic N) is 2. The molecule has 0 saturated carbocycles. The highest BCUT2D eigenvalue weighted by Gasteiger charge is 2.39. The van der Waals surface area contributed by atoms with Crippen molar-refractivity contribution in [2.75, 3.05) is 19.7 Å². The fraction of sp³-hybridized carbons (Fsp3) is 0.625. The van der Waals surface area contributed by atoms with Crippen molar-refractivity contribution in [3.63, 3.8) is 0 Å². The largest absolute Gasteiger partial charge is 0.376 e. The maximum absolute atomic E-state index is 12.9. The highest BCUT2D eigenvalue weighted by atomic mass is 16.5. The van der Waals surface area contributed by atoms with Crippen LogP contribution in [0.15, 0.2) is 18.2 Å². The molecule has 0 aromatic heterocycles. The summed E-state index contributed by atoms with van der Waals surface area (Å²) in [6, 6.07) is 5.62. The van der Waals surface area contributed by atoms with E-state index < -0.39 is 6.04 Å². The normalized spacial score (nSPS) is 29.8. The molecule has 3 fully saturated rings. The predicted octanol–water partition coefficient (Wildman–Crippen LogP) is 1.17. The minimum absolute atomic E-state index is 0.120. The number of rotatable bonds is 4. The Labute approximate surface area is 188 Å². The molecule has 3 N–H and O–H groups in total. The van der Waals surface area contributed by atoms with Gasteiger partial charge in [-0.2, -0.15) is 0 Å². The van der Waals surface area contributed by atoms with Crippen LogP contribution in [-0.4, -0.2) is 65.4 Å². The second-order valence-electron chi connectivity index (χ2n) is 9.65. The van der Waals surface area contributed by atoms with E-state index in [9.17, 15) is 14.4 Å². The van der Waals surface area contributed by atoms with Crippen molar-refractivity contribution in [2.24, 2.45) is 11.7 Å². The van der Waals surface area contributed by atoms with Gasteiger partial charge in [0.1, 0.15) is 6.04 Å². The lowest BCUT2D eigenvalue weighted by Gasteiger charge is -2.40. The van der Waals surface area contributed by atoms with Gasteiger partial charge in [0.05, 0.1) is 6.10 Å². The van der Waals surface area contributed by atoms with Crippen LogP contribution in [0.5, 0.6) is 0 Å². The molecule has 0 radical (unpaired) electrons. The van der Waals surface area contributed by atoms with Gasteiger partial charge < -0.3 is 15.4 Å². The molecule has 1 aromatic carbocycles. The third kappa shape index (κ3) is 4.19. The van der Waals surface area contributed by atoms with Crippen molar-refractivity contribution in [3.8, 4) is 0 Å². The average molecular weight is 441 g/mol. The van der Waals surface area contributed by atoms with Crippen LogP contribution in [0.4, 0.5) is 0 Å². The summed E-state index contributed by atoms with van der Waals surface area (Å²) in [5.74, 6) is -0.211. The zero-order chi connectivity index (χ0) is 22.2. The monoisotopic (exact) mass is 440 g/mol. The molecule has 0 aliphatic carbocycles. The molecular formula is C24H32N4O4. The Balaban J connectivity index is 1.19. The minimum Gasteiger partial charge on any atom is -0.376 e. The Morgan fingerprint density at radius 1 is 1.09 bits per heavy atom. The molecule has 4 aliphatic heterocycles. The fourth-order valence-electron chi connectivity index (χ4n) is 5.74. The number of nitrogens with one attached hydrogen (secondary N) is 1. The third-order valence-electron chi connectivity index (χ3n) is 7.51. The molecule has 0 spiro atoms. The second kappa shape index (κ2) is 8.92. The van der Waals surface area contributed by atoms with Crippen molar-refractivity contribution >= 4 is 17.7 Å². The average Bonchev–Trinajstić information content (AvgIpc) is 3.10. The number of carbonyl (C=O) groups excluding carboxylic acids is 3. The van der Waals surface area contributed by atoms with E-state index in [0.717, 1.165) is 57.5 Å². The summed E-state index contributed by atoms with van der Waals surface area (Å²) in [5, 5.41) is 2.35. The van der Waals surface area contributed by atoms with E-state index in [1.807, 2.05) is 12.1 Å². The molecule has 1 aromatic rings. The molecule has 32 heavy (non-hydrogen) atoms. The van der Waals surface area contributed by atoms with E-state index in [2.05, 4.69) is 16.3 Å². The molecule has 8 heteroatoms. The summed E-state index contributed by atoms with van der Waals surface area (Å²) >= 11 is 0. The highest BCUT2D eigenvalue weighted by Crippen LogP contribution is 2.31. The van der Waals surface area contributed by atoms with Crippen LogP contribution in [0, 0.1) is 5.92 Å². The molecular weight excluding hydrogens is 408 g/mol. The number of nitrogens with two attached hydrogens (primary N) is 1. The van der Waals surface area contributed by atoms with E-state index in [0.29, 0.717) is 24.4 Å². The zero-order valence-electron chi connectivity index (χ0n) is 18.4. The van der Waals surface area contributed by atoms with E-state index in [1.54, 1.807) is 4.90 Å². The Hall–Kier alpha value is -2.29. The van der Waals surface area contributed by atoms with Crippen LogP contribution >= 0.6 is 0 Å². The van der Waals surface area contributed by atoms with E-state index in [-0.39, 0.29) is 36.3 Å². The quantitative estimate of drug-likeness (QED) is 0.681. The van der Waals surface area contributed by atoms with Gasteiger partial charge in [-0.1, -0.05) is 12.1 Å². The Kier molecular flexibility index (Phi) is 6.01. The predicted molar refractivity (Wildman–Crippen MR) is 117 cm³/mol. The minimum atomic E-state index is -0.566. The van der Waals surface area contributed by atoms with Gasteiger partial charge in [0, 0.05) is 37.7 Å². The van der Waals surface area contributed by atoms with Crippen molar-refractivity contribution in [3.05, 3.63) is 34.9 Å². The number of likely N-dealkylation sites (tertiary alicyclic amines) is 1. The molecule has 3 unspecified atom stereocenters.